The maximum Gasteiger partial charge on any atom is 0.145 e. The highest BCUT2D eigenvalue weighted by Gasteiger charge is 2.22. The summed E-state index contributed by atoms with van der Waals surface area (Å²) in [4.78, 5) is 3.89. The molecule has 1 aromatic heterocycles. The standard InChI is InChI=1S/C13H11BrF2N2/c1-17-13(8-4-6-18-7-5-8)11-10(15)3-2-9(14)12(11)16/h2-7,13,17H,1H3. The van der Waals surface area contributed by atoms with E-state index in [4.69, 9.17) is 0 Å². The maximum atomic E-state index is 14.0. The number of aromatic nitrogens is 1. The third-order valence-electron chi connectivity index (χ3n) is 2.70. The molecule has 94 valence electrons. The van der Waals surface area contributed by atoms with Crippen molar-refractivity contribution in [1.82, 2.24) is 10.3 Å². The van der Waals surface area contributed by atoms with Crippen LogP contribution in [0.3, 0.4) is 0 Å². The fourth-order valence-corrected chi connectivity index (χ4v) is 2.19. The minimum Gasteiger partial charge on any atom is -0.309 e. The van der Waals surface area contributed by atoms with Crippen molar-refractivity contribution in [2.24, 2.45) is 0 Å². The van der Waals surface area contributed by atoms with E-state index >= 15 is 0 Å². The SMILES string of the molecule is CNC(c1ccncc1)c1c(F)ccc(Br)c1F. The molecule has 2 aromatic rings. The molecule has 5 heteroatoms. The molecule has 1 aromatic carbocycles. The van der Waals surface area contributed by atoms with E-state index in [9.17, 15) is 8.78 Å². The van der Waals surface area contributed by atoms with Gasteiger partial charge in [0, 0.05) is 18.0 Å². The van der Waals surface area contributed by atoms with Crippen molar-refractivity contribution in [3.63, 3.8) is 0 Å². The Morgan fingerprint density at radius 1 is 1.17 bits per heavy atom. The lowest BCUT2D eigenvalue weighted by Crippen LogP contribution is -2.20. The average molecular weight is 313 g/mol. The number of rotatable bonds is 3. The normalized spacial score (nSPS) is 12.4. The minimum absolute atomic E-state index is 0.00178. The zero-order chi connectivity index (χ0) is 13.1. The van der Waals surface area contributed by atoms with E-state index < -0.39 is 17.7 Å². The Morgan fingerprint density at radius 3 is 2.44 bits per heavy atom. The third-order valence-corrected chi connectivity index (χ3v) is 3.31. The first-order valence-electron chi connectivity index (χ1n) is 5.35. The Morgan fingerprint density at radius 2 is 1.83 bits per heavy atom. The summed E-state index contributed by atoms with van der Waals surface area (Å²) in [6, 6.07) is 5.49. The van der Waals surface area contributed by atoms with Gasteiger partial charge in [0.25, 0.3) is 0 Å². The summed E-state index contributed by atoms with van der Waals surface area (Å²) in [7, 11) is 1.66. The van der Waals surface area contributed by atoms with E-state index in [0.29, 0.717) is 0 Å². The second-order valence-electron chi connectivity index (χ2n) is 3.76. The van der Waals surface area contributed by atoms with Gasteiger partial charge in [-0.25, -0.2) is 8.78 Å². The fraction of sp³-hybridized carbons (Fsp3) is 0.154. The van der Waals surface area contributed by atoms with Gasteiger partial charge in [-0.15, -0.1) is 0 Å². The van der Waals surface area contributed by atoms with Crippen LogP contribution in [0.2, 0.25) is 0 Å². The number of pyridine rings is 1. The van der Waals surface area contributed by atoms with Crippen molar-refractivity contribution >= 4 is 15.9 Å². The lowest BCUT2D eigenvalue weighted by atomic mass is 9.99. The summed E-state index contributed by atoms with van der Waals surface area (Å²) < 4.78 is 28.1. The lowest BCUT2D eigenvalue weighted by molar-refractivity contribution is 0.518. The van der Waals surface area contributed by atoms with E-state index in [2.05, 4.69) is 26.2 Å². The van der Waals surface area contributed by atoms with Crippen LogP contribution in [0.5, 0.6) is 0 Å². The molecule has 0 saturated heterocycles. The zero-order valence-electron chi connectivity index (χ0n) is 9.62. The molecule has 0 amide bonds. The zero-order valence-corrected chi connectivity index (χ0v) is 11.2. The predicted octanol–water partition coefficient (Wildman–Crippen LogP) is 3.43. The van der Waals surface area contributed by atoms with Gasteiger partial charge in [0.05, 0.1) is 10.5 Å². The highest BCUT2D eigenvalue weighted by Crippen LogP contribution is 2.30. The Labute approximate surface area is 112 Å². The molecule has 0 bridgehead atoms. The molecule has 1 heterocycles. The number of halogens is 3. The minimum atomic E-state index is -0.592. The maximum absolute atomic E-state index is 14.0. The van der Waals surface area contributed by atoms with Crippen LogP contribution in [-0.2, 0) is 0 Å². The first-order chi connectivity index (χ1) is 8.65. The third kappa shape index (κ3) is 2.42. The van der Waals surface area contributed by atoms with Gasteiger partial charge in [0.2, 0.25) is 0 Å². The molecule has 1 atom stereocenters. The van der Waals surface area contributed by atoms with Crippen LogP contribution in [0, 0.1) is 11.6 Å². The summed E-state index contributed by atoms with van der Waals surface area (Å²) >= 11 is 3.07. The van der Waals surface area contributed by atoms with Gasteiger partial charge >= 0.3 is 0 Å². The van der Waals surface area contributed by atoms with Gasteiger partial charge in [0.15, 0.2) is 0 Å². The average Bonchev–Trinajstić information content (AvgIpc) is 2.40. The van der Waals surface area contributed by atoms with E-state index in [-0.39, 0.29) is 10.0 Å². The molecule has 1 N–H and O–H groups in total. The summed E-state index contributed by atoms with van der Waals surface area (Å²) in [5.74, 6) is -1.17. The second-order valence-corrected chi connectivity index (χ2v) is 4.61. The molecular weight excluding hydrogens is 302 g/mol. The topological polar surface area (TPSA) is 24.9 Å². The highest BCUT2D eigenvalue weighted by atomic mass is 79.9. The molecule has 0 spiro atoms. The van der Waals surface area contributed by atoms with E-state index in [1.54, 1.807) is 31.6 Å². The molecule has 0 aliphatic heterocycles. The van der Waals surface area contributed by atoms with Crippen LogP contribution >= 0.6 is 15.9 Å². The summed E-state index contributed by atoms with van der Waals surface area (Å²) in [5.41, 5.74) is 0.751. The molecule has 0 fully saturated rings. The molecule has 0 saturated carbocycles. The van der Waals surface area contributed by atoms with E-state index in [1.807, 2.05) is 0 Å². The summed E-state index contributed by atoms with van der Waals surface area (Å²) in [5, 5.41) is 2.91. The Hall–Kier alpha value is -1.33. The lowest BCUT2D eigenvalue weighted by Gasteiger charge is -2.18. The summed E-state index contributed by atoms with van der Waals surface area (Å²) in [6.45, 7) is 0. The van der Waals surface area contributed by atoms with Gasteiger partial charge in [-0.1, -0.05) is 0 Å². The molecule has 2 nitrogen and oxygen atoms in total. The van der Waals surface area contributed by atoms with Crippen molar-refractivity contribution in [2.45, 2.75) is 6.04 Å². The fourth-order valence-electron chi connectivity index (χ4n) is 1.84. The molecule has 2 rings (SSSR count). The van der Waals surface area contributed by atoms with Crippen molar-refractivity contribution < 1.29 is 8.78 Å². The number of nitrogens with one attached hydrogen (secondary N) is 1. The van der Waals surface area contributed by atoms with Crippen LogP contribution in [0.4, 0.5) is 8.78 Å². The molecule has 0 aliphatic carbocycles. The first-order valence-corrected chi connectivity index (χ1v) is 6.15. The smallest absolute Gasteiger partial charge is 0.145 e. The monoisotopic (exact) mass is 312 g/mol. The van der Waals surface area contributed by atoms with Crippen LogP contribution in [-0.4, -0.2) is 12.0 Å². The predicted molar refractivity (Wildman–Crippen MR) is 69.2 cm³/mol. The molecule has 0 radical (unpaired) electrons. The van der Waals surface area contributed by atoms with E-state index in [1.165, 1.54) is 12.1 Å². The molecule has 1 unspecified atom stereocenters. The molecule has 18 heavy (non-hydrogen) atoms. The van der Waals surface area contributed by atoms with Gasteiger partial charge in [0.1, 0.15) is 11.6 Å². The van der Waals surface area contributed by atoms with Crippen LogP contribution in [0.1, 0.15) is 17.2 Å². The van der Waals surface area contributed by atoms with Crippen molar-refractivity contribution in [3.05, 3.63) is 63.9 Å². The first kappa shape index (κ1) is 13.1. The molecular formula is C13H11BrF2N2. The van der Waals surface area contributed by atoms with Crippen molar-refractivity contribution in [3.8, 4) is 0 Å². The Bertz CT molecular complexity index is 546. The van der Waals surface area contributed by atoms with Crippen LogP contribution in [0.25, 0.3) is 0 Å². The number of hydrogen-bond donors (Lipinski definition) is 1. The van der Waals surface area contributed by atoms with Gasteiger partial charge in [-0.3, -0.25) is 4.98 Å². The highest BCUT2D eigenvalue weighted by molar-refractivity contribution is 9.10. The van der Waals surface area contributed by atoms with Gasteiger partial charge < -0.3 is 5.32 Å². The van der Waals surface area contributed by atoms with Gasteiger partial charge in [-0.2, -0.15) is 0 Å². The van der Waals surface area contributed by atoms with E-state index in [0.717, 1.165) is 5.56 Å². The largest absolute Gasteiger partial charge is 0.309 e. The Balaban J connectivity index is 2.56. The van der Waals surface area contributed by atoms with Gasteiger partial charge in [-0.05, 0) is 52.8 Å². The quantitative estimate of drug-likeness (QED) is 0.878. The van der Waals surface area contributed by atoms with Crippen LogP contribution in [0.15, 0.2) is 41.1 Å². The number of hydrogen-bond acceptors (Lipinski definition) is 2. The molecule has 0 aliphatic rings. The Kier molecular flexibility index (Phi) is 4.04. The van der Waals surface area contributed by atoms with Crippen LogP contribution < -0.4 is 5.32 Å². The van der Waals surface area contributed by atoms with Crippen molar-refractivity contribution in [2.75, 3.05) is 7.05 Å². The number of nitrogens with zero attached hydrogens (tertiary/aromatic N) is 1. The number of benzene rings is 1. The van der Waals surface area contributed by atoms with Crippen molar-refractivity contribution in [1.29, 1.82) is 0 Å². The second kappa shape index (κ2) is 5.54. The summed E-state index contributed by atoms with van der Waals surface area (Å²) in [6.07, 6.45) is 3.18.